The van der Waals surface area contributed by atoms with Crippen LogP contribution in [0.2, 0.25) is 0 Å². The molecular formula is C12H20F2N2. The Morgan fingerprint density at radius 1 is 1.31 bits per heavy atom. The van der Waals surface area contributed by atoms with Gasteiger partial charge in [0.25, 0.3) is 0 Å². The van der Waals surface area contributed by atoms with E-state index < -0.39 is 5.92 Å². The Kier molecular flexibility index (Phi) is 4.44. The summed E-state index contributed by atoms with van der Waals surface area (Å²) in [5.74, 6) is -2.45. The van der Waals surface area contributed by atoms with Crippen LogP contribution in [0.5, 0.6) is 0 Å². The number of hydrogen-bond acceptors (Lipinski definition) is 1. The largest absolute Gasteiger partial charge is 0.269 e. The van der Waals surface area contributed by atoms with Crippen molar-refractivity contribution in [2.45, 2.75) is 58.4 Å². The third kappa shape index (κ3) is 3.29. The van der Waals surface area contributed by atoms with Gasteiger partial charge in [0.2, 0.25) is 5.92 Å². The number of hydrogen-bond donors (Lipinski definition) is 0. The van der Waals surface area contributed by atoms with Gasteiger partial charge < -0.3 is 0 Å². The summed E-state index contributed by atoms with van der Waals surface area (Å²) in [6, 6.07) is 2.08. The Labute approximate surface area is 95.7 Å². The fourth-order valence-corrected chi connectivity index (χ4v) is 1.93. The second-order valence-corrected chi connectivity index (χ2v) is 4.02. The molecule has 0 bridgehead atoms. The molecule has 1 aliphatic rings. The van der Waals surface area contributed by atoms with Crippen LogP contribution < -0.4 is 0 Å². The summed E-state index contributed by atoms with van der Waals surface area (Å²) < 4.78 is 27.6. The van der Waals surface area contributed by atoms with Crippen molar-refractivity contribution in [2.24, 2.45) is 0 Å². The lowest BCUT2D eigenvalue weighted by molar-refractivity contribution is -0.0450. The molecule has 2 rings (SSSR count). The predicted molar refractivity (Wildman–Crippen MR) is 60.8 cm³/mol. The lowest BCUT2D eigenvalue weighted by Crippen LogP contribution is -2.26. The highest BCUT2D eigenvalue weighted by Gasteiger charge is 2.35. The Morgan fingerprint density at radius 2 is 1.88 bits per heavy atom. The molecule has 1 heterocycles. The molecule has 1 saturated carbocycles. The Balaban J connectivity index is 0.000000606. The number of rotatable bonds is 1. The van der Waals surface area contributed by atoms with Crippen molar-refractivity contribution < 1.29 is 8.78 Å². The van der Waals surface area contributed by atoms with Crippen molar-refractivity contribution in [3.05, 3.63) is 18.0 Å². The number of aryl methyl sites for hydroxylation is 1. The normalized spacial score (nSPS) is 20.1. The Morgan fingerprint density at radius 3 is 2.31 bits per heavy atom. The van der Waals surface area contributed by atoms with E-state index in [-0.39, 0.29) is 18.9 Å². The zero-order valence-corrected chi connectivity index (χ0v) is 10.2. The molecular weight excluding hydrogens is 210 g/mol. The highest BCUT2D eigenvalue weighted by molar-refractivity contribution is 4.96. The summed E-state index contributed by atoms with van der Waals surface area (Å²) in [6.45, 7) is 5.91. The van der Waals surface area contributed by atoms with Crippen LogP contribution in [0, 0.1) is 6.92 Å². The number of aromatic nitrogens is 2. The quantitative estimate of drug-likeness (QED) is 0.713. The molecule has 0 unspecified atom stereocenters. The van der Waals surface area contributed by atoms with E-state index in [1.165, 1.54) is 0 Å². The van der Waals surface area contributed by atoms with Gasteiger partial charge in [0.15, 0.2) is 0 Å². The summed E-state index contributed by atoms with van der Waals surface area (Å²) in [5.41, 5.74) is 0.947. The van der Waals surface area contributed by atoms with Crippen LogP contribution >= 0.6 is 0 Å². The average molecular weight is 230 g/mol. The molecule has 1 aromatic rings. The van der Waals surface area contributed by atoms with E-state index in [0.29, 0.717) is 12.8 Å². The molecule has 0 N–H and O–H groups in total. The molecule has 0 aliphatic heterocycles. The van der Waals surface area contributed by atoms with Crippen LogP contribution in [-0.4, -0.2) is 15.7 Å². The monoisotopic (exact) mass is 230 g/mol. The maximum atomic E-state index is 12.9. The molecule has 4 heteroatoms. The summed E-state index contributed by atoms with van der Waals surface area (Å²) in [4.78, 5) is 0. The minimum atomic E-state index is -2.45. The molecule has 0 spiro atoms. The summed E-state index contributed by atoms with van der Waals surface area (Å²) in [5, 5.41) is 4.25. The van der Waals surface area contributed by atoms with E-state index in [1.807, 2.05) is 37.7 Å². The molecule has 0 saturated heterocycles. The van der Waals surface area contributed by atoms with Gasteiger partial charge in [-0.15, -0.1) is 0 Å². The van der Waals surface area contributed by atoms with Gasteiger partial charge in [-0.2, -0.15) is 5.10 Å². The molecule has 0 aromatic carbocycles. The summed E-state index contributed by atoms with van der Waals surface area (Å²) in [6.07, 6.45) is 2.94. The first-order chi connectivity index (χ1) is 7.57. The van der Waals surface area contributed by atoms with Crippen molar-refractivity contribution in [1.29, 1.82) is 0 Å². The van der Waals surface area contributed by atoms with E-state index in [0.717, 1.165) is 5.69 Å². The fourth-order valence-electron chi connectivity index (χ4n) is 1.93. The minimum absolute atomic E-state index is 0.00340. The van der Waals surface area contributed by atoms with E-state index in [9.17, 15) is 8.78 Å². The molecule has 0 radical (unpaired) electrons. The topological polar surface area (TPSA) is 17.8 Å². The number of alkyl halides is 2. The first-order valence-electron chi connectivity index (χ1n) is 5.96. The minimum Gasteiger partial charge on any atom is -0.269 e. The first kappa shape index (κ1) is 13.1. The number of halogens is 2. The SMILES string of the molecule is CC.Cc1ccn(C2CCC(F)(F)CC2)n1. The lowest BCUT2D eigenvalue weighted by Gasteiger charge is -2.28. The standard InChI is InChI=1S/C10H14F2N2.C2H6/c1-8-4-7-14(13-8)9-2-5-10(11,12)6-3-9;1-2/h4,7,9H,2-3,5-6H2,1H3;1-2H3. The predicted octanol–water partition coefficient (Wildman–Crippen LogP) is 3.97. The molecule has 1 fully saturated rings. The molecule has 92 valence electrons. The Bertz CT molecular complexity index is 311. The van der Waals surface area contributed by atoms with Gasteiger partial charge in [0.05, 0.1) is 11.7 Å². The van der Waals surface area contributed by atoms with Gasteiger partial charge in [-0.1, -0.05) is 13.8 Å². The zero-order valence-electron chi connectivity index (χ0n) is 10.2. The van der Waals surface area contributed by atoms with Crippen molar-refractivity contribution in [1.82, 2.24) is 9.78 Å². The third-order valence-corrected chi connectivity index (χ3v) is 2.80. The van der Waals surface area contributed by atoms with E-state index in [4.69, 9.17) is 0 Å². The fraction of sp³-hybridized carbons (Fsp3) is 0.750. The smallest absolute Gasteiger partial charge is 0.248 e. The van der Waals surface area contributed by atoms with Crippen molar-refractivity contribution in [3.8, 4) is 0 Å². The first-order valence-corrected chi connectivity index (χ1v) is 5.96. The molecule has 1 aliphatic carbocycles. The van der Waals surface area contributed by atoms with Gasteiger partial charge in [-0.25, -0.2) is 8.78 Å². The molecule has 2 nitrogen and oxygen atoms in total. The van der Waals surface area contributed by atoms with E-state index in [1.54, 1.807) is 0 Å². The van der Waals surface area contributed by atoms with Crippen LogP contribution in [0.4, 0.5) is 8.78 Å². The second-order valence-electron chi connectivity index (χ2n) is 4.02. The maximum absolute atomic E-state index is 12.9. The van der Waals surface area contributed by atoms with Crippen molar-refractivity contribution in [3.63, 3.8) is 0 Å². The lowest BCUT2D eigenvalue weighted by atomic mass is 9.92. The molecule has 0 amide bonds. The third-order valence-electron chi connectivity index (χ3n) is 2.80. The van der Waals surface area contributed by atoms with Crippen LogP contribution in [0.3, 0.4) is 0 Å². The van der Waals surface area contributed by atoms with E-state index in [2.05, 4.69) is 5.10 Å². The van der Waals surface area contributed by atoms with Gasteiger partial charge in [-0.05, 0) is 25.8 Å². The van der Waals surface area contributed by atoms with Gasteiger partial charge in [-0.3, -0.25) is 4.68 Å². The van der Waals surface area contributed by atoms with Crippen molar-refractivity contribution >= 4 is 0 Å². The molecule has 1 aromatic heterocycles. The van der Waals surface area contributed by atoms with Gasteiger partial charge in [0, 0.05) is 19.0 Å². The zero-order chi connectivity index (χ0) is 12.2. The highest BCUT2D eigenvalue weighted by atomic mass is 19.3. The van der Waals surface area contributed by atoms with Crippen LogP contribution in [0.15, 0.2) is 12.3 Å². The van der Waals surface area contributed by atoms with E-state index >= 15 is 0 Å². The van der Waals surface area contributed by atoms with Crippen LogP contribution in [0.1, 0.15) is 51.3 Å². The number of nitrogens with zero attached hydrogens (tertiary/aromatic N) is 2. The van der Waals surface area contributed by atoms with Crippen LogP contribution in [0.25, 0.3) is 0 Å². The summed E-state index contributed by atoms with van der Waals surface area (Å²) >= 11 is 0. The highest BCUT2D eigenvalue weighted by Crippen LogP contribution is 2.37. The molecule has 16 heavy (non-hydrogen) atoms. The maximum Gasteiger partial charge on any atom is 0.248 e. The van der Waals surface area contributed by atoms with Crippen LogP contribution in [-0.2, 0) is 0 Å². The van der Waals surface area contributed by atoms with Gasteiger partial charge >= 0.3 is 0 Å². The second kappa shape index (κ2) is 5.41. The van der Waals surface area contributed by atoms with Gasteiger partial charge in [0.1, 0.15) is 0 Å². The summed E-state index contributed by atoms with van der Waals surface area (Å²) in [7, 11) is 0. The molecule has 0 atom stereocenters. The Hall–Kier alpha value is -0.930. The average Bonchev–Trinajstić information content (AvgIpc) is 2.68. The van der Waals surface area contributed by atoms with Crippen molar-refractivity contribution in [2.75, 3.05) is 0 Å².